The zero-order valence-corrected chi connectivity index (χ0v) is 7.83. The van der Waals surface area contributed by atoms with Crippen LogP contribution in [0.5, 0.6) is 0 Å². The van der Waals surface area contributed by atoms with Gasteiger partial charge < -0.3 is 21.1 Å². The number of esters is 1. The molecule has 0 rings (SSSR count). The average Bonchev–Trinajstić information content (AvgIpc) is 2.12. The summed E-state index contributed by atoms with van der Waals surface area (Å²) >= 11 is 0. The minimum atomic E-state index is -0.938. The zero-order valence-electron chi connectivity index (χ0n) is 7.83. The first-order chi connectivity index (χ1) is 6.57. The van der Waals surface area contributed by atoms with Gasteiger partial charge in [-0.2, -0.15) is 0 Å². The van der Waals surface area contributed by atoms with Gasteiger partial charge in [-0.25, -0.2) is 9.59 Å². The van der Waals surface area contributed by atoms with Crippen LogP contribution in [0.2, 0.25) is 0 Å². The maximum atomic E-state index is 10.8. The van der Waals surface area contributed by atoms with Crippen LogP contribution in [0.1, 0.15) is 6.92 Å². The molecule has 0 aliphatic rings. The molecule has 14 heavy (non-hydrogen) atoms. The van der Waals surface area contributed by atoms with Crippen LogP contribution >= 0.6 is 0 Å². The number of hydrogen-bond donors (Lipinski definition) is 3. The lowest BCUT2D eigenvalue weighted by atomic mass is 10.5. The molecule has 0 fully saturated rings. The number of carbonyl (C=O) groups is 3. The summed E-state index contributed by atoms with van der Waals surface area (Å²) in [5.41, 5.74) is 4.76. The number of urea groups is 1. The Morgan fingerprint density at radius 1 is 1.21 bits per heavy atom. The molecule has 0 saturated heterocycles. The van der Waals surface area contributed by atoms with Gasteiger partial charge in [0.1, 0.15) is 0 Å². The second-order valence-corrected chi connectivity index (χ2v) is 2.27. The van der Waals surface area contributed by atoms with E-state index in [2.05, 4.69) is 15.4 Å². The van der Waals surface area contributed by atoms with Crippen LogP contribution in [0.3, 0.4) is 0 Å². The van der Waals surface area contributed by atoms with Crippen molar-refractivity contribution >= 4 is 17.9 Å². The summed E-state index contributed by atoms with van der Waals surface area (Å²) in [7, 11) is 0. The Bertz CT molecular complexity index is 229. The molecular formula is C7H13N3O4. The number of hydrogen-bond acceptors (Lipinski definition) is 4. The number of amides is 3. The van der Waals surface area contributed by atoms with Crippen LogP contribution in [0.4, 0.5) is 4.79 Å². The van der Waals surface area contributed by atoms with Crippen molar-refractivity contribution in [1.82, 2.24) is 10.6 Å². The Morgan fingerprint density at radius 3 is 2.29 bits per heavy atom. The molecule has 80 valence electrons. The Labute approximate surface area is 81.0 Å². The van der Waals surface area contributed by atoms with E-state index in [4.69, 9.17) is 5.73 Å². The molecule has 0 aromatic carbocycles. The van der Waals surface area contributed by atoms with Crippen LogP contribution in [-0.4, -0.2) is 37.6 Å². The van der Waals surface area contributed by atoms with Crippen LogP contribution < -0.4 is 16.4 Å². The minimum absolute atomic E-state index is 0.126. The number of carbonyl (C=O) groups excluding carboxylic acids is 3. The van der Waals surface area contributed by atoms with E-state index in [1.807, 2.05) is 0 Å². The quantitative estimate of drug-likeness (QED) is 0.288. The van der Waals surface area contributed by atoms with Crippen LogP contribution in [0, 0.1) is 0 Å². The van der Waals surface area contributed by atoms with Gasteiger partial charge in [0.05, 0.1) is 6.61 Å². The van der Waals surface area contributed by atoms with E-state index < -0.39 is 17.9 Å². The van der Waals surface area contributed by atoms with E-state index in [-0.39, 0.29) is 19.7 Å². The normalized spacial score (nSPS) is 8.93. The number of nitrogens with one attached hydrogen (secondary N) is 2. The fourth-order valence-corrected chi connectivity index (χ4v) is 0.631. The van der Waals surface area contributed by atoms with Crippen molar-refractivity contribution in [3.63, 3.8) is 0 Å². The summed E-state index contributed by atoms with van der Waals surface area (Å²) in [4.78, 5) is 31.8. The molecule has 0 bridgehead atoms. The lowest BCUT2D eigenvalue weighted by Crippen LogP contribution is -2.40. The van der Waals surface area contributed by atoms with Gasteiger partial charge in [0, 0.05) is 13.1 Å². The molecule has 4 N–H and O–H groups in total. The van der Waals surface area contributed by atoms with Crippen molar-refractivity contribution in [1.29, 1.82) is 0 Å². The minimum Gasteiger partial charge on any atom is -0.459 e. The number of primary amides is 1. The topological polar surface area (TPSA) is 111 Å². The van der Waals surface area contributed by atoms with E-state index in [1.54, 1.807) is 6.92 Å². The summed E-state index contributed by atoms with van der Waals surface area (Å²) in [5, 5.41) is 4.48. The molecule has 0 heterocycles. The average molecular weight is 203 g/mol. The largest absolute Gasteiger partial charge is 0.459 e. The SMILES string of the molecule is CCOC(=O)C(=O)NCCNC(N)=O. The highest BCUT2D eigenvalue weighted by Crippen LogP contribution is 1.77. The lowest BCUT2D eigenvalue weighted by Gasteiger charge is -2.04. The molecule has 0 saturated carbocycles. The van der Waals surface area contributed by atoms with Crippen molar-refractivity contribution < 1.29 is 19.1 Å². The second-order valence-electron chi connectivity index (χ2n) is 2.27. The molecule has 0 aromatic rings. The first-order valence-corrected chi connectivity index (χ1v) is 4.06. The van der Waals surface area contributed by atoms with Crippen molar-refractivity contribution in [3.8, 4) is 0 Å². The van der Waals surface area contributed by atoms with Crippen molar-refractivity contribution in [2.75, 3.05) is 19.7 Å². The molecule has 0 unspecified atom stereocenters. The first kappa shape index (κ1) is 12.2. The summed E-state index contributed by atoms with van der Waals surface area (Å²) in [6.07, 6.45) is 0. The molecule has 0 aliphatic carbocycles. The molecule has 0 aromatic heterocycles. The highest BCUT2D eigenvalue weighted by molar-refractivity contribution is 6.32. The Hall–Kier alpha value is -1.79. The third-order valence-electron chi connectivity index (χ3n) is 1.17. The number of rotatable bonds is 4. The fourth-order valence-electron chi connectivity index (χ4n) is 0.631. The van der Waals surface area contributed by atoms with Gasteiger partial charge >= 0.3 is 17.9 Å². The third-order valence-corrected chi connectivity index (χ3v) is 1.17. The molecule has 0 spiro atoms. The summed E-state index contributed by atoms with van der Waals surface area (Å²) in [6.45, 7) is 2.03. The highest BCUT2D eigenvalue weighted by Gasteiger charge is 2.12. The zero-order chi connectivity index (χ0) is 11.0. The standard InChI is InChI=1S/C7H13N3O4/c1-2-14-6(12)5(11)9-3-4-10-7(8)13/h2-4H2,1H3,(H,9,11)(H3,8,10,13). The smallest absolute Gasteiger partial charge is 0.396 e. The van der Waals surface area contributed by atoms with Gasteiger partial charge in [-0.05, 0) is 6.92 Å². The van der Waals surface area contributed by atoms with Gasteiger partial charge in [-0.3, -0.25) is 4.79 Å². The van der Waals surface area contributed by atoms with Crippen molar-refractivity contribution in [2.24, 2.45) is 5.73 Å². The van der Waals surface area contributed by atoms with Crippen molar-refractivity contribution in [3.05, 3.63) is 0 Å². The monoisotopic (exact) mass is 203 g/mol. The molecule has 7 nitrogen and oxygen atoms in total. The Kier molecular flexibility index (Phi) is 5.84. The number of nitrogens with two attached hydrogens (primary N) is 1. The van der Waals surface area contributed by atoms with Gasteiger partial charge in [-0.1, -0.05) is 0 Å². The number of ether oxygens (including phenoxy) is 1. The van der Waals surface area contributed by atoms with Gasteiger partial charge in [0.15, 0.2) is 0 Å². The molecule has 0 aliphatic heterocycles. The molecule has 7 heteroatoms. The van der Waals surface area contributed by atoms with E-state index >= 15 is 0 Å². The van der Waals surface area contributed by atoms with E-state index in [1.165, 1.54) is 0 Å². The molecule has 0 radical (unpaired) electrons. The second kappa shape index (κ2) is 6.70. The van der Waals surface area contributed by atoms with E-state index in [9.17, 15) is 14.4 Å². The van der Waals surface area contributed by atoms with Crippen LogP contribution in [-0.2, 0) is 14.3 Å². The van der Waals surface area contributed by atoms with Gasteiger partial charge in [-0.15, -0.1) is 0 Å². The van der Waals surface area contributed by atoms with Crippen LogP contribution in [0.15, 0.2) is 0 Å². The summed E-state index contributed by atoms with van der Waals surface area (Å²) in [5.74, 6) is -1.77. The fraction of sp³-hybridized carbons (Fsp3) is 0.571. The highest BCUT2D eigenvalue weighted by atomic mass is 16.5. The first-order valence-electron chi connectivity index (χ1n) is 4.06. The molecule has 0 atom stereocenters. The summed E-state index contributed by atoms with van der Waals surface area (Å²) in [6, 6.07) is -0.685. The Morgan fingerprint density at radius 2 is 1.79 bits per heavy atom. The van der Waals surface area contributed by atoms with Crippen LogP contribution in [0.25, 0.3) is 0 Å². The lowest BCUT2D eigenvalue weighted by molar-refractivity contribution is -0.154. The van der Waals surface area contributed by atoms with Crippen molar-refractivity contribution in [2.45, 2.75) is 6.92 Å². The van der Waals surface area contributed by atoms with E-state index in [0.29, 0.717) is 0 Å². The molecule has 3 amide bonds. The van der Waals surface area contributed by atoms with Gasteiger partial charge in [0.25, 0.3) is 0 Å². The predicted octanol–water partition coefficient (Wildman–Crippen LogP) is -1.67. The molecular weight excluding hydrogens is 190 g/mol. The predicted molar refractivity (Wildman–Crippen MR) is 47.2 cm³/mol. The maximum absolute atomic E-state index is 10.8. The van der Waals surface area contributed by atoms with Gasteiger partial charge in [0.2, 0.25) is 0 Å². The maximum Gasteiger partial charge on any atom is 0.396 e. The van der Waals surface area contributed by atoms with E-state index in [0.717, 1.165) is 0 Å². The summed E-state index contributed by atoms with van der Waals surface area (Å²) < 4.78 is 4.42. The Balaban J connectivity index is 3.53. The third kappa shape index (κ3) is 5.81.